The summed E-state index contributed by atoms with van der Waals surface area (Å²) in [6.45, 7) is 22.2. The van der Waals surface area contributed by atoms with Crippen LogP contribution < -0.4 is 5.32 Å². The third-order valence-corrected chi connectivity index (χ3v) is 10.7. The number of likely N-dealkylation sites (N-methyl/N-ethyl adjacent to an activating group) is 1. The number of ether oxygens (including phenoxy) is 5. The first-order valence-corrected chi connectivity index (χ1v) is 17.1. The number of carbonyl (C=O) groups is 3. The van der Waals surface area contributed by atoms with Gasteiger partial charge in [-0.3, -0.25) is 9.59 Å². The summed E-state index contributed by atoms with van der Waals surface area (Å²) in [5.41, 5.74) is -2.08. The highest BCUT2D eigenvalue weighted by molar-refractivity contribution is 6.00. The quantitative estimate of drug-likeness (QED) is 0.241. The molecule has 0 aromatic carbocycles. The van der Waals surface area contributed by atoms with Crippen LogP contribution in [-0.2, 0) is 33.3 Å². The number of cyclic esters (lactones) is 1. The molecule has 264 valence electrons. The van der Waals surface area contributed by atoms with Gasteiger partial charge in [0.25, 0.3) is 0 Å². The number of hydrogen-bond acceptors (Lipinski definition) is 10. The van der Waals surface area contributed by atoms with Gasteiger partial charge < -0.3 is 38.8 Å². The van der Waals surface area contributed by atoms with Crippen LogP contribution >= 0.6 is 0 Å². The van der Waals surface area contributed by atoms with Crippen molar-refractivity contribution in [3.8, 4) is 0 Å². The minimum atomic E-state index is -1.13. The van der Waals surface area contributed by atoms with Gasteiger partial charge in [-0.2, -0.15) is 0 Å². The van der Waals surface area contributed by atoms with Crippen molar-refractivity contribution in [2.45, 2.75) is 136 Å². The molecule has 0 bridgehead atoms. The van der Waals surface area contributed by atoms with E-state index < -0.39 is 59.6 Å². The predicted octanol–water partition coefficient (Wildman–Crippen LogP) is 4.42. The Labute approximate surface area is 277 Å². The molecule has 0 radical (unpaired) electrons. The Kier molecular flexibility index (Phi) is 12.9. The molecule has 3 aliphatic heterocycles. The molecule has 13 atom stereocenters. The molecule has 1 N–H and O–H groups in total. The smallest absolute Gasteiger partial charge is 0.408 e. The number of hydrogen-bond donors (Lipinski definition) is 1. The van der Waals surface area contributed by atoms with Crippen molar-refractivity contribution < 1.29 is 38.1 Å². The van der Waals surface area contributed by atoms with E-state index in [1.165, 1.54) is 0 Å². The zero-order valence-corrected chi connectivity index (χ0v) is 30.3. The number of nitrogens with one attached hydrogen (secondary N) is 1. The summed E-state index contributed by atoms with van der Waals surface area (Å²) in [7, 11) is 6.14. The average Bonchev–Trinajstić information content (AvgIpc) is 3.30. The number of carbonyl (C=O) groups excluding carboxylic acids is 3. The van der Waals surface area contributed by atoms with Gasteiger partial charge in [0.05, 0.1) is 30.5 Å². The van der Waals surface area contributed by atoms with Gasteiger partial charge in [-0.15, -0.1) is 6.58 Å². The van der Waals surface area contributed by atoms with Crippen molar-refractivity contribution in [1.29, 1.82) is 0 Å². The summed E-state index contributed by atoms with van der Waals surface area (Å²) in [5.74, 6) is -2.71. The standard InChI is InChI=1S/C35H61N3O8/c1-14-16-42-34(9)18-20(3)19-38(13)25(8)29-35(10,46-33(41)36-29)27(15-2)44-31(40)24(7)28(39)23(6)30(34)45-32-22(5)26(37(11)12)17-21(4)43-32/h14,20-27,29-30,32H,1,15-19H2,2-13H3,(H,36,41)/t20-,21?,22?,23-,24?,25-,26?,27-,29-,30?,32+,34-,35-/m1/s1. The highest BCUT2D eigenvalue weighted by Gasteiger charge is 2.56. The van der Waals surface area contributed by atoms with Gasteiger partial charge in [0.15, 0.2) is 17.7 Å². The Bertz CT molecular complexity index is 1090. The fourth-order valence-corrected chi connectivity index (χ4v) is 8.03. The lowest BCUT2D eigenvalue weighted by Crippen LogP contribution is -2.60. The van der Waals surface area contributed by atoms with Crippen molar-refractivity contribution in [3.05, 3.63) is 12.7 Å². The molecule has 0 spiro atoms. The Morgan fingerprint density at radius 3 is 2.35 bits per heavy atom. The fraction of sp³-hybridized carbons (Fsp3) is 0.857. The molecule has 1 amide bonds. The molecule has 3 fully saturated rings. The highest BCUT2D eigenvalue weighted by atomic mass is 16.7. The Morgan fingerprint density at radius 2 is 1.76 bits per heavy atom. The second-order valence-electron chi connectivity index (χ2n) is 14.8. The van der Waals surface area contributed by atoms with Crippen molar-refractivity contribution in [2.75, 3.05) is 34.3 Å². The molecule has 3 rings (SSSR count). The lowest BCUT2D eigenvalue weighted by atomic mass is 9.78. The molecule has 5 unspecified atom stereocenters. The van der Waals surface area contributed by atoms with Gasteiger partial charge in [-0.25, -0.2) is 4.79 Å². The third-order valence-electron chi connectivity index (χ3n) is 10.7. The SMILES string of the molecule is C=CCO[C@]1(C)C[C@@H](C)CN(C)[C@H](C)[C@H]2NC(=O)O[C@]2(C)[C@@H](CC)OC(=O)C(C)C(=O)[C@@H](C)C1O[C@@H]1OC(C)CC(N(C)C)C1C. The monoisotopic (exact) mass is 651 g/mol. The van der Waals surface area contributed by atoms with Crippen LogP contribution in [0, 0.1) is 23.7 Å². The third kappa shape index (κ3) is 8.14. The zero-order chi connectivity index (χ0) is 34.7. The lowest BCUT2D eigenvalue weighted by molar-refractivity contribution is -0.282. The van der Waals surface area contributed by atoms with Gasteiger partial charge in [-0.1, -0.05) is 33.8 Å². The normalized spacial score (nSPS) is 43.6. The predicted molar refractivity (Wildman–Crippen MR) is 176 cm³/mol. The van der Waals surface area contributed by atoms with Crippen LogP contribution in [-0.4, -0.2) is 116 Å². The van der Waals surface area contributed by atoms with E-state index in [9.17, 15) is 14.4 Å². The van der Waals surface area contributed by atoms with Crippen molar-refractivity contribution in [2.24, 2.45) is 23.7 Å². The summed E-state index contributed by atoms with van der Waals surface area (Å²) in [5, 5.41) is 2.97. The molecule has 46 heavy (non-hydrogen) atoms. The lowest BCUT2D eigenvalue weighted by Gasteiger charge is -2.48. The molecule has 0 aromatic rings. The van der Waals surface area contributed by atoms with Crippen LogP contribution in [0.15, 0.2) is 12.7 Å². The van der Waals surface area contributed by atoms with E-state index in [2.05, 4.69) is 49.6 Å². The van der Waals surface area contributed by atoms with E-state index in [1.807, 2.05) is 34.7 Å². The van der Waals surface area contributed by atoms with E-state index in [0.29, 0.717) is 19.4 Å². The molecule has 11 heteroatoms. The second-order valence-corrected chi connectivity index (χ2v) is 14.8. The Hall–Kier alpha value is -2.05. The highest BCUT2D eigenvalue weighted by Crippen LogP contribution is 2.39. The summed E-state index contributed by atoms with van der Waals surface area (Å²) < 4.78 is 31.8. The zero-order valence-electron chi connectivity index (χ0n) is 30.3. The van der Waals surface area contributed by atoms with Crippen LogP contribution in [0.4, 0.5) is 4.79 Å². The summed E-state index contributed by atoms with van der Waals surface area (Å²) in [6, 6.07) is -0.399. The molecule has 3 aliphatic rings. The molecular weight excluding hydrogens is 590 g/mol. The summed E-state index contributed by atoms with van der Waals surface area (Å²) >= 11 is 0. The number of ketones is 1. The molecule has 0 aromatic heterocycles. The Morgan fingerprint density at radius 1 is 1.11 bits per heavy atom. The molecule has 11 nitrogen and oxygen atoms in total. The van der Waals surface area contributed by atoms with E-state index >= 15 is 0 Å². The topological polar surface area (TPSA) is 116 Å². The number of Topliss-reactive ketones (excluding diaryl/α,β-unsaturated/α-hetero) is 1. The first-order valence-electron chi connectivity index (χ1n) is 17.1. The van der Waals surface area contributed by atoms with Crippen molar-refractivity contribution in [1.82, 2.24) is 15.1 Å². The minimum Gasteiger partial charge on any atom is -0.458 e. The van der Waals surface area contributed by atoms with Crippen molar-refractivity contribution >= 4 is 17.8 Å². The maximum absolute atomic E-state index is 14.3. The number of esters is 1. The molecule has 3 saturated heterocycles. The first kappa shape index (κ1) is 38.4. The van der Waals surface area contributed by atoms with E-state index in [-0.39, 0.29) is 42.4 Å². The summed E-state index contributed by atoms with van der Waals surface area (Å²) in [6.07, 6.45) is 0.827. The number of amides is 1. The van der Waals surface area contributed by atoms with Gasteiger partial charge in [0, 0.05) is 30.5 Å². The summed E-state index contributed by atoms with van der Waals surface area (Å²) in [4.78, 5) is 44.9. The van der Waals surface area contributed by atoms with Crippen LogP contribution in [0.25, 0.3) is 0 Å². The second kappa shape index (κ2) is 15.4. The van der Waals surface area contributed by atoms with Gasteiger partial charge in [0.2, 0.25) is 0 Å². The Balaban J connectivity index is 2.10. The van der Waals surface area contributed by atoms with Crippen LogP contribution in [0.1, 0.15) is 81.6 Å². The number of nitrogens with zero attached hydrogens (tertiary/aromatic N) is 2. The molecular formula is C35H61N3O8. The van der Waals surface area contributed by atoms with E-state index in [0.717, 1.165) is 6.42 Å². The molecule has 0 aliphatic carbocycles. The van der Waals surface area contributed by atoms with Gasteiger partial charge >= 0.3 is 12.1 Å². The number of fused-ring (bicyclic) bond motifs is 1. The number of alkyl carbamates (subject to hydrolysis) is 1. The van der Waals surface area contributed by atoms with Gasteiger partial charge in [-0.05, 0) is 80.9 Å². The average molecular weight is 652 g/mol. The maximum atomic E-state index is 14.3. The van der Waals surface area contributed by atoms with E-state index in [1.54, 1.807) is 26.8 Å². The molecule has 0 saturated carbocycles. The van der Waals surface area contributed by atoms with Crippen molar-refractivity contribution in [3.63, 3.8) is 0 Å². The fourth-order valence-electron chi connectivity index (χ4n) is 8.03. The number of rotatable bonds is 7. The van der Waals surface area contributed by atoms with E-state index in [4.69, 9.17) is 23.7 Å². The molecule has 3 heterocycles. The first-order chi connectivity index (χ1) is 21.4. The largest absolute Gasteiger partial charge is 0.458 e. The van der Waals surface area contributed by atoms with Crippen LogP contribution in [0.3, 0.4) is 0 Å². The van der Waals surface area contributed by atoms with Crippen LogP contribution in [0.5, 0.6) is 0 Å². The maximum Gasteiger partial charge on any atom is 0.408 e. The van der Waals surface area contributed by atoms with Crippen LogP contribution in [0.2, 0.25) is 0 Å². The minimum absolute atomic E-state index is 0.0150. The van der Waals surface area contributed by atoms with Gasteiger partial charge in [0.1, 0.15) is 12.0 Å².